The molecule has 0 aliphatic heterocycles. The number of nitrogens with zero attached hydrogens (tertiary/aromatic N) is 2. The maximum atomic E-state index is 12.6. The third-order valence-corrected chi connectivity index (χ3v) is 2.97. The Morgan fingerprint density at radius 1 is 0.950 bits per heavy atom. The van der Waals surface area contributed by atoms with Crippen molar-refractivity contribution in [1.82, 2.24) is 0 Å². The third kappa shape index (κ3) is 3.36. The summed E-state index contributed by atoms with van der Waals surface area (Å²) in [7, 11) is 0. The van der Waals surface area contributed by atoms with Gasteiger partial charge in [-0.2, -0.15) is 18.3 Å². The summed E-state index contributed by atoms with van der Waals surface area (Å²) in [5.74, 6) is 0. The molecule has 0 spiro atoms. The van der Waals surface area contributed by atoms with Crippen LogP contribution in [0.25, 0.3) is 0 Å². The lowest BCUT2D eigenvalue weighted by Gasteiger charge is -2.07. The molecule has 0 saturated carbocycles. The van der Waals surface area contributed by atoms with E-state index in [1.54, 1.807) is 12.1 Å². The summed E-state index contributed by atoms with van der Waals surface area (Å²) in [6.07, 6.45) is -4.43. The van der Waals surface area contributed by atoms with E-state index < -0.39 is 11.7 Å². The zero-order chi connectivity index (χ0) is 14.8. The van der Waals surface area contributed by atoms with Crippen LogP contribution in [0.3, 0.4) is 0 Å². The molecule has 0 saturated heterocycles. The molecule has 104 valence electrons. The number of aryl methyl sites for hydroxylation is 1. The van der Waals surface area contributed by atoms with Gasteiger partial charge in [-0.15, -0.1) is 5.11 Å². The predicted octanol–water partition coefficient (Wildman–Crippen LogP) is 6.08. The lowest BCUT2D eigenvalue weighted by atomic mass is 10.2. The van der Waals surface area contributed by atoms with Gasteiger partial charge in [-0.3, -0.25) is 0 Å². The number of benzene rings is 2. The van der Waals surface area contributed by atoms with Crippen molar-refractivity contribution < 1.29 is 13.2 Å². The summed E-state index contributed by atoms with van der Waals surface area (Å²) in [6, 6.07) is 10.1. The van der Waals surface area contributed by atoms with E-state index >= 15 is 0 Å². The molecule has 0 bridgehead atoms. The predicted molar refractivity (Wildman–Crippen MR) is 71.8 cm³/mol. The van der Waals surface area contributed by atoms with Gasteiger partial charge in [0.25, 0.3) is 0 Å². The summed E-state index contributed by atoms with van der Waals surface area (Å²) in [5, 5.41) is 7.86. The van der Waals surface area contributed by atoms with E-state index in [4.69, 9.17) is 11.6 Å². The first-order valence-corrected chi connectivity index (χ1v) is 6.10. The molecule has 6 heteroatoms. The molecule has 0 fully saturated rings. The minimum absolute atomic E-state index is 0.00950. The number of halogens is 4. The highest BCUT2D eigenvalue weighted by atomic mass is 35.5. The maximum Gasteiger partial charge on any atom is 0.416 e. The van der Waals surface area contributed by atoms with Crippen LogP contribution in [0.1, 0.15) is 11.1 Å². The van der Waals surface area contributed by atoms with E-state index in [2.05, 4.69) is 10.2 Å². The Hall–Kier alpha value is -1.88. The van der Waals surface area contributed by atoms with E-state index in [0.717, 1.165) is 23.8 Å². The van der Waals surface area contributed by atoms with Gasteiger partial charge in [-0.05, 0) is 36.8 Å². The molecular weight excluding hydrogens is 289 g/mol. The van der Waals surface area contributed by atoms with E-state index in [9.17, 15) is 13.2 Å². The number of hydrogen-bond donors (Lipinski definition) is 0. The van der Waals surface area contributed by atoms with Crippen LogP contribution in [0, 0.1) is 6.92 Å². The normalized spacial score (nSPS) is 12.1. The van der Waals surface area contributed by atoms with Crippen molar-refractivity contribution in [3.8, 4) is 0 Å². The topological polar surface area (TPSA) is 24.7 Å². The van der Waals surface area contributed by atoms with Crippen LogP contribution >= 0.6 is 11.6 Å². The summed E-state index contributed by atoms with van der Waals surface area (Å²) in [5.41, 5.74) is 0.644. The third-order valence-electron chi connectivity index (χ3n) is 2.65. The largest absolute Gasteiger partial charge is 0.416 e. The molecule has 2 aromatic carbocycles. The molecule has 0 heterocycles. The Balaban J connectivity index is 2.36. The van der Waals surface area contributed by atoms with Gasteiger partial charge in [-0.1, -0.05) is 29.8 Å². The first kappa shape index (κ1) is 14.5. The molecule has 0 N–H and O–H groups in total. The lowest BCUT2D eigenvalue weighted by molar-refractivity contribution is -0.137. The van der Waals surface area contributed by atoms with Crippen LogP contribution in [-0.4, -0.2) is 0 Å². The molecule has 0 aliphatic carbocycles. The summed E-state index contributed by atoms with van der Waals surface area (Å²) in [6.45, 7) is 1.84. The van der Waals surface area contributed by atoms with Gasteiger partial charge in [0.15, 0.2) is 0 Å². The fourth-order valence-corrected chi connectivity index (χ4v) is 1.70. The fraction of sp³-hybridized carbons (Fsp3) is 0.143. The van der Waals surface area contributed by atoms with Crippen molar-refractivity contribution in [2.75, 3.05) is 0 Å². The van der Waals surface area contributed by atoms with E-state index in [1.165, 1.54) is 0 Å². The second-order valence-corrected chi connectivity index (χ2v) is 4.56. The van der Waals surface area contributed by atoms with Crippen LogP contribution in [0.15, 0.2) is 52.7 Å². The Kier molecular flexibility index (Phi) is 4.09. The molecular formula is C14H10ClF3N2. The van der Waals surface area contributed by atoms with Crippen LogP contribution in [0.5, 0.6) is 0 Å². The Morgan fingerprint density at radius 2 is 1.60 bits per heavy atom. The first-order chi connectivity index (χ1) is 9.38. The second-order valence-electron chi connectivity index (χ2n) is 4.15. The van der Waals surface area contributed by atoms with Crippen molar-refractivity contribution >= 4 is 23.0 Å². The Morgan fingerprint density at radius 3 is 2.25 bits per heavy atom. The molecule has 0 radical (unpaired) electrons. The minimum atomic E-state index is -4.43. The number of alkyl halides is 3. The van der Waals surface area contributed by atoms with Gasteiger partial charge in [0.05, 0.1) is 16.3 Å². The zero-order valence-corrected chi connectivity index (χ0v) is 11.2. The molecule has 0 atom stereocenters. The second kappa shape index (κ2) is 5.63. The van der Waals surface area contributed by atoms with Crippen LogP contribution in [0.2, 0.25) is 5.02 Å². The van der Waals surface area contributed by atoms with Crippen LogP contribution in [0.4, 0.5) is 24.5 Å². The fourth-order valence-electron chi connectivity index (χ4n) is 1.55. The zero-order valence-electron chi connectivity index (χ0n) is 10.4. The Bertz CT molecular complexity index is 651. The average molecular weight is 299 g/mol. The van der Waals surface area contributed by atoms with E-state index in [1.807, 2.05) is 19.1 Å². The van der Waals surface area contributed by atoms with Crippen LogP contribution < -0.4 is 0 Å². The smallest absolute Gasteiger partial charge is 0.166 e. The summed E-state index contributed by atoms with van der Waals surface area (Å²) in [4.78, 5) is 0. The Labute approximate surface area is 118 Å². The van der Waals surface area contributed by atoms with Crippen molar-refractivity contribution in [2.24, 2.45) is 10.2 Å². The summed E-state index contributed by atoms with van der Waals surface area (Å²) < 4.78 is 37.8. The van der Waals surface area contributed by atoms with Crippen molar-refractivity contribution in [3.05, 3.63) is 58.6 Å². The number of hydrogen-bond acceptors (Lipinski definition) is 2. The SMILES string of the molecule is Cc1ccccc1N=Nc1cc(C(F)(F)F)ccc1Cl. The molecule has 20 heavy (non-hydrogen) atoms. The minimum Gasteiger partial charge on any atom is -0.166 e. The standard InChI is InChI=1S/C14H10ClF3N2/c1-9-4-2-3-5-12(9)19-20-13-8-10(14(16,17)18)6-7-11(13)15/h2-8H,1H3. The molecule has 0 aromatic heterocycles. The molecule has 2 nitrogen and oxygen atoms in total. The number of rotatable bonds is 2. The average Bonchev–Trinajstić information content (AvgIpc) is 2.38. The summed E-state index contributed by atoms with van der Waals surface area (Å²) >= 11 is 5.83. The van der Waals surface area contributed by atoms with Gasteiger partial charge in [-0.25, -0.2) is 0 Å². The highest BCUT2D eigenvalue weighted by molar-refractivity contribution is 6.32. The van der Waals surface area contributed by atoms with Gasteiger partial charge < -0.3 is 0 Å². The number of azo groups is 1. The monoisotopic (exact) mass is 298 g/mol. The molecule has 2 aromatic rings. The molecule has 2 rings (SSSR count). The van der Waals surface area contributed by atoms with Gasteiger partial charge >= 0.3 is 6.18 Å². The van der Waals surface area contributed by atoms with Crippen molar-refractivity contribution in [3.63, 3.8) is 0 Å². The van der Waals surface area contributed by atoms with Crippen molar-refractivity contribution in [1.29, 1.82) is 0 Å². The highest BCUT2D eigenvalue weighted by Gasteiger charge is 2.30. The molecule has 0 amide bonds. The van der Waals surface area contributed by atoms with E-state index in [-0.39, 0.29) is 10.7 Å². The highest BCUT2D eigenvalue weighted by Crippen LogP contribution is 2.35. The van der Waals surface area contributed by atoms with Gasteiger partial charge in [0.1, 0.15) is 5.69 Å². The van der Waals surface area contributed by atoms with Crippen molar-refractivity contribution in [2.45, 2.75) is 13.1 Å². The maximum absolute atomic E-state index is 12.6. The molecule has 0 unspecified atom stereocenters. The van der Waals surface area contributed by atoms with Gasteiger partial charge in [0.2, 0.25) is 0 Å². The molecule has 0 aliphatic rings. The first-order valence-electron chi connectivity index (χ1n) is 5.72. The van der Waals surface area contributed by atoms with Crippen LogP contribution in [-0.2, 0) is 6.18 Å². The van der Waals surface area contributed by atoms with E-state index in [0.29, 0.717) is 5.69 Å². The quantitative estimate of drug-likeness (QED) is 0.600. The lowest BCUT2D eigenvalue weighted by Crippen LogP contribution is -2.03. The van der Waals surface area contributed by atoms with Gasteiger partial charge in [0, 0.05) is 0 Å².